The van der Waals surface area contributed by atoms with Crippen molar-refractivity contribution in [3.63, 3.8) is 0 Å². The Morgan fingerprint density at radius 2 is 2.11 bits per heavy atom. The molecule has 0 saturated heterocycles. The third-order valence-corrected chi connectivity index (χ3v) is 4.05. The quantitative estimate of drug-likeness (QED) is 0.731. The lowest BCUT2D eigenvalue weighted by molar-refractivity contribution is -0.118. The van der Waals surface area contributed by atoms with E-state index >= 15 is 0 Å². The number of aliphatic hydroxyl groups is 1. The van der Waals surface area contributed by atoms with Crippen LogP contribution in [-0.2, 0) is 10.5 Å². The number of hydrogen-bond donors (Lipinski definition) is 2. The van der Waals surface area contributed by atoms with Gasteiger partial charge in [0.2, 0.25) is 5.91 Å². The predicted octanol–water partition coefficient (Wildman–Crippen LogP) is 2.44. The lowest BCUT2D eigenvalue weighted by Crippen LogP contribution is -2.30. The third kappa shape index (κ3) is 7.23. The molecule has 1 aromatic rings. The molecule has 0 aliphatic heterocycles. The first kappa shape index (κ1) is 16.1. The van der Waals surface area contributed by atoms with Crippen LogP contribution in [0.15, 0.2) is 30.3 Å². The fraction of sp³-hybridized carbons (Fsp3) is 0.533. The van der Waals surface area contributed by atoms with Crippen molar-refractivity contribution in [1.29, 1.82) is 0 Å². The Labute approximate surface area is 119 Å². The molecule has 0 aliphatic rings. The molecule has 1 rings (SSSR count). The van der Waals surface area contributed by atoms with E-state index in [9.17, 15) is 4.79 Å². The second-order valence-corrected chi connectivity index (χ2v) is 5.55. The Morgan fingerprint density at radius 3 is 2.74 bits per heavy atom. The van der Waals surface area contributed by atoms with E-state index in [1.165, 1.54) is 5.56 Å². The predicted molar refractivity (Wildman–Crippen MR) is 81.1 cm³/mol. The first-order valence-electron chi connectivity index (χ1n) is 6.75. The number of carbonyl (C=O) groups is 1. The standard InChI is InChI=1S/C15H23NO2S/c1-2-13(8-9-17)10-16-15(18)12-19-11-14-6-4-3-5-7-14/h3-7,13,17H,2,8-12H2,1H3,(H,16,18). The number of benzene rings is 1. The number of nitrogens with one attached hydrogen (secondary N) is 1. The summed E-state index contributed by atoms with van der Waals surface area (Å²) in [4.78, 5) is 11.7. The summed E-state index contributed by atoms with van der Waals surface area (Å²) >= 11 is 1.63. The monoisotopic (exact) mass is 281 g/mol. The highest BCUT2D eigenvalue weighted by Crippen LogP contribution is 2.11. The van der Waals surface area contributed by atoms with Crippen molar-refractivity contribution in [1.82, 2.24) is 5.32 Å². The van der Waals surface area contributed by atoms with E-state index in [2.05, 4.69) is 24.4 Å². The summed E-state index contributed by atoms with van der Waals surface area (Å²) in [7, 11) is 0. The fourth-order valence-corrected chi connectivity index (χ4v) is 2.60. The van der Waals surface area contributed by atoms with Gasteiger partial charge < -0.3 is 10.4 Å². The zero-order valence-electron chi connectivity index (χ0n) is 11.5. The summed E-state index contributed by atoms with van der Waals surface area (Å²) < 4.78 is 0. The summed E-state index contributed by atoms with van der Waals surface area (Å²) in [6, 6.07) is 10.2. The largest absolute Gasteiger partial charge is 0.396 e. The first-order chi connectivity index (χ1) is 9.26. The molecule has 0 bridgehead atoms. The van der Waals surface area contributed by atoms with Crippen LogP contribution in [0.2, 0.25) is 0 Å². The van der Waals surface area contributed by atoms with Crippen LogP contribution in [0.25, 0.3) is 0 Å². The van der Waals surface area contributed by atoms with Crippen LogP contribution >= 0.6 is 11.8 Å². The van der Waals surface area contributed by atoms with Gasteiger partial charge in [0.25, 0.3) is 0 Å². The maximum atomic E-state index is 11.7. The number of carbonyl (C=O) groups excluding carboxylic acids is 1. The molecule has 1 unspecified atom stereocenters. The van der Waals surface area contributed by atoms with Crippen LogP contribution in [0.5, 0.6) is 0 Å². The highest BCUT2D eigenvalue weighted by atomic mass is 32.2. The van der Waals surface area contributed by atoms with Gasteiger partial charge in [-0.2, -0.15) is 0 Å². The molecule has 0 aliphatic carbocycles. The van der Waals surface area contributed by atoms with Crippen molar-refractivity contribution in [3.8, 4) is 0 Å². The summed E-state index contributed by atoms with van der Waals surface area (Å²) in [5.74, 6) is 1.82. The average molecular weight is 281 g/mol. The van der Waals surface area contributed by atoms with Crippen molar-refractivity contribution in [2.24, 2.45) is 5.92 Å². The molecule has 3 nitrogen and oxygen atoms in total. The van der Waals surface area contributed by atoms with Crippen molar-refractivity contribution in [3.05, 3.63) is 35.9 Å². The van der Waals surface area contributed by atoms with Crippen molar-refractivity contribution < 1.29 is 9.90 Å². The summed E-state index contributed by atoms with van der Waals surface area (Å²) in [5, 5.41) is 11.8. The molecular weight excluding hydrogens is 258 g/mol. The number of thioether (sulfide) groups is 1. The number of amides is 1. The molecule has 0 spiro atoms. The molecule has 2 N–H and O–H groups in total. The van der Waals surface area contributed by atoms with Gasteiger partial charge in [0, 0.05) is 18.9 Å². The first-order valence-corrected chi connectivity index (χ1v) is 7.91. The minimum absolute atomic E-state index is 0.0809. The SMILES string of the molecule is CCC(CCO)CNC(=O)CSCc1ccccc1. The maximum absolute atomic E-state index is 11.7. The van der Waals surface area contributed by atoms with Crippen LogP contribution in [-0.4, -0.2) is 29.9 Å². The zero-order chi connectivity index (χ0) is 13.9. The molecule has 1 amide bonds. The topological polar surface area (TPSA) is 49.3 Å². The molecule has 1 atom stereocenters. The van der Waals surface area contributed by atoms with Gasteiger partial charge in [0.1, 0.15) is 0 Å². The second kappa shape index (κ2) is 9.87. The fourth-order valence-electron chi connectivity index (χ4n) is 1.78. The molecule has 4 heteroatoms. The van der Waals surface area contributed by atoms with E-state index < -0.39 is 0 Å². The van der Waals surface area contributed by atoms with E-state index in [0.29, 0.717) is 18.2 Å². The molecule has 0 saturated carbocycles. The van der Waals surface area contributed by atoms with E-state index in [1.54, 1.807) is 11.8 Å². The van der Waals surface area contributed by atoms with E-state index in [4.69, 9.17) is 5.11 Å². The Morgan fingerprint density at radius 1 is 1.37 bits per heavy atom. The average Bonchev–Trinajstić information content (AvgIpc) is 2.44. The van der Waals surface area contributed by atoms with Crippen molar-refractivity contribution in [2.75, 3.05) is 18.9 Å². The third-order valence-electron chi connectivity index (χ3n) is 3.05. The number of aliphatic hydroxyl groups excluding tert-OH is 1. The van der Waals surface area contributed by atoms with Gasteiger partial charge in [-0.25, -0.2) is 0 Å². The zero-order valence-corrected chi connectivity index (χ0v) is 12.3. The minimum Gasteiger partial charge on any atom is -0.396 e. The number of rotatable bonds is 9. The number of hydrogen-bond acceptors (Lipinski definition) is 3. The molecule has 0 aromatic heterocycles. The van der Waals surface area contributed by atoms with Crippen LogP contribution < -0.4 is 5.32 Å². The van der Waals surface area contributed by atoms with Gasteiger partial charge in [0.15, 0.2) is 0 Å². The molecule has 106 valence electrons. The van der Waals surface area contributed by atoms with Gasteiger partial charge in [-0.3, -0.25) is 4.79 Å². The van der Waals surface area contributed by atoms with Crippen LogP contribution in [0, 0.1) is 5.92 Å². The van der Waals surface area contributed by atoms with Gasteiger partial charge in [-0.15, -0.1) is 11.8 Å². The summed E-state index contributed by atoms with van der Waals surface area (Å²) in [5.41, 5.74) is 1.24. The molecule has 0 radical (unpaired) electrons. The Balaban J connectivity index is 2.14. The Kier molecular flexibility index (Phi) is 8.34. The lowest BCUT2D eigenvalue weighted by atomic mass is 10.0. The van der Waals surface area contributed by atoms with Gasteiger partial charge in [-0.1, -0.05) is 43.7 Å². The van der Waals surface area contributed by atoms with Gasteiger partial charge in [0.05, 0.1) is 5.75 Å². The molecule has 19 heavy (non-hydrogen) atoms. The van der Waals surface area contributed by atoms with E-state index in [0.717, 1.165) is 18.6 Å². The minimum atomic E-state index is 0.0809. The molecular formula is C15H23NO2S. The van der Waals surface area contributed by atoms with Gasteiger partial charge in [-0.05, 0) is 17.9 Å². The lowest BCUT2D eigenvalue weighted by Gasteiger charge is -2.14. The summed E-state index contributed by atoms with van der Waals surface area (Å²) in [6.07, 6.45) is 1.74. The highest BCUT2D eigenvalue weighted by molar-refractivity contribution is 7.99. The molecule has 1 aromatic carbocycles. The Bertz CT molecular complexity index is 356. The highest BCUT2D eigenvalue weighted by Gasteiger charge is 2.08. The van der Waals surface area contributed by atoms with Crippen LogP contribution in [0.4, 0.5) is 0 Å². The smallest absolute Gasteiger partial charge is 0.230 e. The summed E-state index contributed by atoms with van der Waals surface area (Å²) in [6.45, 7) is 2.94. The van der Waals surface area contributed by atoms with E-state index in [-0.39, 0.29) is 12.5 Å². The van der Waals surface area contributed by atoms with Crippen LogP contribution in [0.1, 0.15) is 25.3 Å². The van der Waals surface area contributed by atoms with Crippen molar-refractivity contribution >= 4 is 17.7 Å². The second-order valence-electron chi connectivity index (χ2n) is 4.57. The molecule has 0 fully saturated rings. The Hall–Kier alpha value is -1.00. The molecule has 0 heterocycles. The van der Waals surface area contributed by atoms with Gasteiger partial charge >= 0.3 is 0 Å². The van der Waals surface area contributed by atoms with E-state index in [1.807, 2.05) is 18.2 Å². The van der Waals surface area contributed by atoms with Crippen molar-refractivity contribution in [2.45, 2.75) is 25.5 Å². The maximum Gasteiger partial charge on any atom is 0.230 e. The normalized spacial score (nSPS) is 12.1. The van der Waals surface area contributed by atoms with Crippen LogP contribution in [0.3, 0.4) is 0 Å².